The van der Waals surface area contributed by atoms with Crippen molar-refractivity contribution >= 4 is 40.7 Å². The molecule has 7 heteroatoms. The standard InChI is InChI=1S/C30H54N2P2.2C2H4N.Fe/c1-5-13-27(14-6-1)33(28-15-7-2-8-16-28)25-23-31-21-22-32-24-26-34(29-17-9-3-10-18-29)30-19-11-4-12-20-30;2*1-2-3;/h23-24,27-30H,1-22,25-26H2;2*2H,1H3;/q;2*-1;+2/p+2. The van der Waals surface area contributed by atoms with Crippen LogP contribution in [0.2, 0.25) is 0 Å². The maximum Gasteiger partial charge on any atom is 2.00 e. The van der Waals surface area contributed by atoms with E-state index in [4.69, 9.17) is 20.8 Å². The zero-order chi connectivity index (χ0) is 28.7. The SMILES string of the molecule is C(C[PH+](C1CCCCC1)C1CCCCC1)=NCCN=CC[PH+](C1CCCCC1)C1CCCCC1.CC=[N-].CC=[N-].[Fe+2]. The third-order valence-corrected chi connectivity index (χ3v) is 17.6. The van der Waals surface area contributed by atoms with Crippen LogP contribution in [0.5, 0.6) is 0 Å². The number of hydrogen-bond acceptors (Lipinski definition) is 2. The van der Waals surface area contributed by atoms with Crippen molar-refractivity contribution in [3.05, 3.63) is 10.8 Å². The van der Waals surface area contributed by atoms with Crippen LogP contribution in [0.15, 0.2) is 9.98 Å². The van der Waals surface area contributed by atoms with Gasteiger partial charge in [-0.3, -0.25) is 9.98 Å². The minimum atomic E-state index is -0.262. The Balaban J connectivity index is 0.00000111. The molecule has 0 aromatic carbocycles. The first-order valence-electron chi connectivity index (χ1n) is 17.3. The van der Waals surface area contributed by atoms with E-state index >= 15 is 0 Å². The van der Waals surface area contributed by atoms with Crippen LogP contribution in [0.1, 0.15) is 142 Å². The summed E-state index contributed by atoms with van der Waals surface area (Å²) < 4.78 is 0. The van der Waals surface area contributed by atoms with Gasteiger partial charge in [-0.15, -0.1) is 0 Å². The topological polar surface area (TPSA) is 69.3 Å². The molecule has 0 saturated heterocycles. The number of hydrogen-bond donors (Lipinski definition) is 0. The van der Waals surface area contributed by atoms with E-state index in [0.29, 0.717) is 0 Å². The Morgan fingerprint density at radius 3 is 0.927 bits per heavy atom. The van der Waals surface area contributed by atoms with Crippen LogP contribution < -0.4 is 0 Å². The largest absolute Gasteiger partial charge is 2.00 e. The molecule has 236 valence electrons. The van der Waals surface area contributed by atoms with Crippen LogP contribution in [-0.4, -0.2) is 72.9 Å². The van der Waals surface area contributed by atoms with Crippen molar-refractivity contribution in [3.8, 4) is 0 Å². The van der Waals surface area contributed by atoms with Gasteiger partial charge in [-0.25, -0.2) is 12.4 Å². The molecule has 4 aliphatic carbocycles. The fraction of sp³-hybridized carbons (Fsp3) is 0.882. The van der Waals surface area contributed by atoms with Crippen LogP contribution in [0.25, 0.3) is 10.8 Å². The second-order valence-corrected chi connectivity index (χ2v) is 19.0. The summed E-state index contributed by atoms with van der Waals surface area (Å²) in [7, 11) is -0.524. The molecule has 0 N–H and O–H groups in total. The van der Waals surface area contributed by atoms with E-state index in [1.165, 1.54) is 141 Å². The number of aliphatic imine (C=N–C) groups is 2. The predicted octanol–water partition coefficient (Wildman–Crippen LogP) is 10.2. The maximum absolute atomic E-state index is 7.44. The quantitative estimate of drug-likeness (QED) is 0.0928. The third kappa shape index (κ3) is 16.6. The van der Waals surface area contributed by atoms with Gasteiger partial charge in [0.2, 0.25) is 0 Å². The fourth-order valence-electron chi connectivity index (χ4n) is 7.86. The summed E-state index contributed by atoms with van der Waals surface area (Å²) in [4.78, 5) is 9.78. The van der Waals surface area contributed by atoms with Gasteiger partial charge in [0.15, 0.2) is 0 Å². The minimum Gasteiger partial charge on any atom is -0.814 e. The first-order valence-corrected chi connectivity index (χ1v) is 21.0. The molecule has 4 nitrogen and oxygen atoms in total. The van der Waals surface area contributed by atoms with Crippen LogP contribution in [0, 0.1) is 0 Å². The number of nitrogens with zero attached hydrogens (tertiary/aromatic N) is 4. The van der Waals surface area contributed by atoms with E-state index in [2.05, 4.69) is 12.4 Å². The Morgan fingerprint density at radius 2 is 0.707 bits per heavy atom. The molecule has 0 aromatic heterocycles. The molecule has 0 amide bonds. The molecule has 0 aliphatic heterocycles. The smallest absolute Gasteiger partial charge is 0.814 e. The molecule has 4 saturated carbocycles. The minimum absolute atomic E-state index is 0. The first-order chi connectivity index (χ1) is 19.7. The van der Waals surface area contributed by atoms with E-state index in [0.717, 1.165) is 48.2 Å². The van der Waals surface area contributed by atoms with Gasteiger partial charge in [0, 0.05) is 28.3 Å². The van der Waals surface area contributed by atoms with E-state index in [9.17, 15) is 0 Å². The fourth-order valence-corrected chi connectivity index (χ4v) is 15.8. The van der Waals surface area contributed by atoms with E-state index in [1.54, 1.807) is 13.8 Å². The van der Waals surface area contributed by atoms with Gasteiger partial charge in [-0.1, -0.05) is 39.5 Å². The Labute approximate surface area is 268 Å². The summed E-state index contributed by atoms with van der Waals surface area (Å²) >= 11 is 0. The Kier molecular flexibility index (Phi) is 25.2. The van der Waals surface area contributed by atoms with E-state index in [-0.39, 0.29) is 32.9 Å². The Hall–Kier alpha value is 0.0595. The van der Waals surface area contributed by atoms with Crippen molar-refractivity contribution in [1.82, 2.24) is 0 Å². The van der Waals surface area contributed by atoms with Gasteiger partial charge in [-0.2, -0.15) is 0 Å². The molecule has 0 heterocycles. The summed E-state index contributed by atoms with van der Waals surface area (Å²) in [5, 5.41) is 14.9. The van der Waals surface area contributed by atoms with Crippen molar-refractivity contribution in [1.29, 1.82) is 0 Å². The van der Waals surface area contributed by atoms with Gasteiger partial charge in [0.05, 0.1) is 48.0 Å². The van der Waals surface area contributed by atoms with E-state index < -0.39 is 0 Å². The van der Waals surface area contributed by atoms with E-state index in [1.807, 2.05) is 0 Å². The Bertz CT molecular complexity index is 586. The summed E-state index contributed by atoms with van der Waals surface area (Å²) in [6.07, 6.45) is 39.7. The monoisotopic (exact) mass is 646 g/mol. The molecule has 4 aliphatic rings. The predicted molar refractivity (Wildman–Crippen MR) is 191 cm³/mol. The summed E-state index contributed by atoms with van der Waals surface area (Å²) in [6, 6.07) is 0. The van der Waals surface area contributed by atoms with Crippen LogP contribution in [0.3, 0.4) is 0 Å². The summed E-state index contributed by atoms with van der Waals surface area (Å²) in [5.74, 6) is 0. The van der Waals surface area contributed by atoms with Crippen molar-refractivity contribution < 1.29 is 17.1 Å². The molecule has 41 heavy (non-hydrogen) atoms. The second kappa shape index (κ2) is 26.5. The Morgan fingerprint density at radius 1 is 0.488 bits per heavy atom. The van der Waals surface area contributed by atoms with Gasteiger partial charge in [-0.05, 0) is 103 Å². The molecule has 0 bridgehead atoms. The van der Waals surface area contributed by atoms with Crippen LogP contribution >= 0.6 is 15.8 Å². The summed E-state index contributed by atoms with van der Waals surface area (Å²) in [6.45, 7) is 4.96. The zero-order valence-corrected chi connectivity index (χ0v) is 29.8. The average molecular weight is 647 g/mol. The van der Waals surface area contributed by atoms with Crippen LogP contribution in [-0.2, 0) is 17.1 Å². The molecule has 0 radical (unpaired) electrons. The molecule has 0 atom stereocenters. The zero-order valence-electron chi connectivity index (χ0n) is 26.7. The number of rotatable bonds is 11. The van der Waals surface area contributed by atoms with Gasteiger partial charge in [0.25, 0.3) is 0 Å². The van der Waals surface area contributed by atoms with Crippen LogP contribution in [0.4, 0.5) is 0 Å². The van der Waals surface area contributed by atoms with Crippen molar-refractivity contribution in [2.24, 2.45) is 9.98 Å². The molecular weight excluding hydrogens is 582 g/mol. The second-order valence-electron chi connectivity index (χ2n) is 12.6. The molecule has 0 aromatic rings. The van der Waals surface area contributed by atoms with Gasteiger partial charge in [0.1, 0.15) is 0 Å². The molecule has 0 unspecified atom stereocenters. The maximum atomic E-state index is 7.44. The van der Waals surface area contributed by atoms with Crippen molar-refractivity contribution in [2.75, 3.05) is 25.4 Å². The molecular formula is C34H64FeN4P2+2. The average Bonchev–Trinajstić information content (AvgIpc) is 3.01. The van der Waals surface area contributed by atoms with Gasteiger partial charge >= 0.3 is 17.1 Å². The third-order valence-electron chi connectivity index (χ3n) is 9.79. The van der Waals surface area contributed by atoms with Crippen molar-refractivity contribution in [2.45, 2.75) is 165 Å². The van der Waals surface area contributed by atoms with Gasteiger partial charge < -0.3 is 10.8 Å². The molecule has 4 rings (SSSR count). The summed E-state index contributed by atoms with van der Waals surface area (Å²) in [5.41, 5.74) is 4.36. The molecule has 4 fully saturated rings. The molecule has 0 spiro atoms. The van der Waals surface area contributed by atoms with Crippen molar-refractivity contribution in [3.63, 3.8) is 0 Å². The normalized spacial score (nSPS) is 21.7. The first kappa shape index (κ1) is 39.1.